The summed E-state index contributed by atoms with van der Waals surface area (Å²) in [6.45, 7) is 2.14. The van der Waals surface area contributed by atoms with Crippen LogP contribution < -0.4 is 0 Å². The van der Waals surface area contributed by atoms with E-state index in [0.717, 1.165) is 11.3 Å². The molecule has 0 aromatic carbocycles. The Morgan fingerprint density at radius 3 is 2.89 bits per heavy atom. The molecule has 0 amide bonds. The number of hydrogen-bond acceptors (Lipinski definition) is 3. The molecule has 96 valence electrons. The number of imidazole rings is 1. The van der Waals surface area contributed by atoms with E-state index in [1.165, 1.54) is 6.20 Å². The lowest BCUT2D eigenvalue weighted by atomic mass is 10.3. The molecule has 1 N–H and O–H groups in total. The molecule has 0 fully saturated rings. The third kappa shape index (κ3) is 2.08. The van der Waals surface area contributed by atoms with Gasteiger partial charge >= 0.3 is 5.97 Å². The van der Waals surface area contributed by atoms with Crippen LogP contribution in [0.1, 0.15) is 21.7 Å². The van der Waals surface area contributed by atoms with Gasteiger partial charge in [0.1, 0.15) is 11.2 Å². The third-order valence-corrected chi connectivity index (χ3v) is 2.91. The average Bonchev–Trinajstić information content (AvgIpc) is 2.92. The summed E-state index contributed by atoms with van der Waals surface area (Å²) in [5, 5.41) is 13.2. The number of carboxylic acids is 1. The zero-order valence-electron chi connectivity index (χ0n) is 10.3. The van der Waals surface area contributed by atoms with Crippen molar-refractivity contribution in [2.45, 2.75) is 13.5 Å². The second kappa shape index (κ2) is 4.24. The minimum absolute atomic E-state index is 0.226. The van der Waals surface area contributed by atoms with Crippen LogP contribution in [0.25, 0.3) is 5.65 Å². The Labute approximate surface area is 108 Å². The predicted molar refractivity (Wildman–Crippen MR) is 68.2 cm³/mol. The molecule has 0 bridgehead atoms. The normalized spacial score (nSPS) is 11.0. The van der Waals surface area contributed by atoms with Crippen molar-refractivity contribution in [2.75, 3.05) is 0 Å². The number of carbonyl (C=O) groups is 1. The van der Waals surface area contributed by atoms with Crippen LogP contribution in [-0.4, -0.2) is 30.2 Å². The van der Waals surface area contributed by atoms with Crippen LogP contribution in [0.5, 0.6) is 0 Å². The average molecular weight is 256 g/mol. The van der Waals surface area contributed by atoms with Gasteiger partial charge in [-0.2, -0.15) is 5.10 Å². The van der Waals surface area contributed by atoms with Gasteiger partial charge in [0.05, 0.1) is 17.9 Å². The molecule has 0 aliphatic rings. The molecular weight excluding hydrogens is 244 g/mol. The Morgan fingerprint density at radius 2 is 2.21 bits per heavy atom. The number of aryl methyl sites for hydroxylation is 1. The molecule has 0 radical (unpaired) electrons. The van der Waals surface area contributed by atoms with Crippen molar-refractivity contribution in [1.82, 2.24) is 19.2 Å². The van der Waals surface area contributed by atoms with Gasteiger partial charge in [0, 0.05) is 18.6 Å². The highest BCUT2D eigenvalue weighted by molar-refractivity contribution is 5.88. The topological polar surface area (TPSA) is 72.4 Å². The highest BCUT2D eigenvalue weighted by Gasteiger charge is 2.12. The van der Waals surface area contributed by atoms with Crippen LogP contribution in [0.15, 0.2) is 36.8 Å². The molecule has 0 saturated heterocycles. The minimum Gasteiger partial charge on any atom is -0.478 e. The lowest BCUT2D eigenvalue weighted by Gasteiger charge is -1.95. The summed E-state index contributed by atoms with van der Waals surface area (Å²) in [5.41, 5.74) is 2.44. The van der Waals surface area contributed by atoms with E-state index >= 15 is 0 Å². The van der Waals surface area contributed by atoms with Crippen LogP contribution in [0.2, 0.25) is 0 Å². The van der Waals surface area contributed by atoms with Crippen molar-refractivity contribution in [3.05, 3.63) is 53.7 Å². The van der Waals surface area contributed by atoms with Crippen molar-refractivity contribution in [2.24, 2.45) is 0 Å². The predicted octanol–water partition coefficient (Wildman–Crippen LogP) is 1.59. The summed E-state index contributed by atoms with van der Waals surface area (Å²) in [7, 11) is 0. The SMILES string of the molecule is Cc1nn(Cc2cn3ccccc3n2)cc1C(=O)O. The van der Waals surface area contributed by atoms with E-state index < -0.39 is 5.97 Å². The van der Waals surface area contributed by atoms with Crippen LogP contribution in [0.4, 0.5) is 0 Å². The van der Waals surface area contributed by atoms with Gasteiger partial charge < -0.3 is 9.51 Å². The Balaban J connectivity index is 1.92. The first-order valence-electron chi connectivity index (χ1n) is 5.83. The molecule has 3 aromatic heterocycles. The highest BCUT2D eigenvalue weighted by Crippen LogP contribution is 2.09. The molecule has 6 nitrogen and oxygen atoms in total. The van der Waals surface area contributed by atoms with Gasteiger partial charge in [0.25, 0.3) is 0 Å². The second-order valence-corrected chi connectivity index (χ2v) is 4.33. The Hall–Kier alpha value is -2.63. The summed E-state index contributed by atoms with van der Waals surface area (Å²) in [6, 6.07) is 5.77. The maximum Gasteiger partial charge on any atom is 0.339 e. The molecule has 0 aliphatic carbocycles. The number of nitrogens with zero attached hydrogens (tertiary/aromatic N) is 4. The first-order valence-corrected chi connectivity index (χ1v) is 5.83. The van der Waals surface area contributed by atoms with Crippen molar-refractivity contribution in [3.8, 4) is 0 Å². The van der Waals surface area contributed by atoms with Crippen molar-refractivity contribution < 1.29 is 9.90 Å². The zero-order valence-corrected chi connectivity index (χ0v) is 10.3. The number of hydrogen-bond donors (Lipinski definition) is 1. The maximum atomic E-state index is 11.0. The van der Waals surface area contributed by atoms with Gasteiger partial charge in [-0.3, -0.25) is 4.68 Å². The molecule has 19 heavy (non-hydrogen) atoms. The number of fused-ring (bicyclic) bond motifs is 1. The highest BCUT2D eigenvalue weighted by atomic mass is 16.4. The largest absolute Gasteiger partial charge is 0.478 e. The molecule has 6 heteroatoms. The van der Waals surface area contributed by atoms with Crippen LogP contribution in [0.3, 0.4) is 0 Å². The fourth-order valence-corrected chi connectivity index (χ4v) is 2.04. The van der Waals surface area contributed by atoms with Gasteiger partial charge in [-0.1, -0.05) is 6.07 Å². The fourth-order valence-electron chi connectivity index (χ4n) is 2.04. The van der Waals surface area contributed by atoms with E-state index in [-0.39, 0.29) is 5.56 Å². The molecule has 0 atom stereocenters. The first-order chi connectivity index (χ1) is 9.13. The van der Waals surface area contributed by atoms with Crippen molar-refractivity contribution in [1.29, 1.82) is 0 Å². The molecular formula is C13H12N4O2. The monoisotopic (exact) mass is 256 g/mol. The molecule has 0 spiro atoms. The zero-order chi connectivity index (χ0) is 13.4. The second-order valence-electron chi connectivity index (χ2n) is 4.33. The first kappa shape index (κ1) is 11.5. The van der Waals surface area contributed by atoms with E-state index in [1.54, 1.807) is 11.6 Å². The number of aromatic nitrogens is 4. The summed E-state index contributed by atoms with van der Waals surface area (Å²) in [5.74, 6) is -0.959. The van der Waals surface area contributed by atoms with Gasteiger partial charge in [0.15, 0.2) is 0 Å². The quantitative estimate of drug-likeness (QED) is 0.772. The third-order valence-electron chi connectivity index (χ3n) is 2.91. The van der Waals surface area contributed by atoms with Gasteiger partial charge in [-0.05, 0) is 19.1 Å². The van der Waals surface area contributed by atoms with Crippen LogP contribution in [-0.2, 0) is 6.54 Å². The summed E-state index contributed by atoms with van der Waals surface area (Å²) in [4.78, 5) is 15.4. The van der Waals surface area contributed by atoms with Crippen molar-refractivity contribution in [3.63, 3.8) is 0 Å². The Bertz CT molecular complexity index is 724. The van der Waals surface area contributed by atoms with Gasteiger partial charge in [0.2, 0.25) is 0 Å². The van der Waals surface area contributed by atoms with E-state index in [1.807, 2.05) is 35.0 Å². The van der Waals surface area contributed by atoms with E-state index in [9.17, 15) is 4.79 Å². The number of rotatable bonds is 3. The van der Waals surface area contributed by atoms with Gasteiger partial charge in [-0.15, -0.1) is 0 Å². The Morgan fingerprint density at radius 1 is 1.37 bits per heavy atom. The van der Waals surface area contributed by atoms with E-state index in [4.69, 9.17) is 5.11 Å². The number of pyridine rings is 1. The van der Waals surface area contributed by atoms with Crippen LogP contribution in [0, 0.1) is 6.92 Å². The smallest absolute Gasteiger partial charge is 0.339 e. The Kier molecular flexibility index (Phi) is 2.56. The van der Waals surface area contributed by atoms with E-state index in [2.05, 4.69) is 10.1 Å². The fraction of sp³-hybridized carbons (Fsp3) is 0.154. The lowest BCUT2D eigenvalue weighted by Crippen LogP contribution is -2.00. The standard InChI is InChI=1S/C13H12N4O2/c1-9-11(13(18)19)8-17(15-9)7-10-6-16-5-3-2-4-12(16)14-10/h2-6,8H,7H2,1H3,(H,18,19). The van der Waals surface area contributed by atoms with Gasteiger partial charge in [-0.25, -0.2) is 9.78 Å². The molecule has 3 rings (SSSR count). The van der Waals surface area contributed by atoms with E-state index in [0.29, 0.717) is 12.2 Å². The number of aromatic carboxylic acids is 1. The van der Waals surface area contributed by atoms with Crippen LogP contribution >= 0.6 is 0 Å². The molecule has 0 aliphatic heterocycles. The molecule has 3 heterocycles. The minimum atomic E-state index is -0.959. The molecule has 0 unspecified atom stereocenters. The molecule has 3 aromatic rings. The molecule has 0 saturated carbocycles. The number of carboxylic acid groups (broad SMARTS) is 1. The maximum absolute atomic E-state index is 11.0. The van der Waals surface area contributed by atoms with Crippen molar-refractivity contribution >= 4 is 11.6 Å². The summed E-state index contributed by atoms with van der Waals surface area (Å²) in [6.07, 6.45) is 5.36. The summed E-state index contributed by atoms with van der Waals surface area (Å²) < 4.78 is 3.52. The summed E-state index contributed by atoms with van der Waals surface area (Å²) >= 11 is 0. The lowest BCUT2D eigenvalue weighted by molar-refractivity contribution is 0.0696.